The molecule has 0 bridgehead atoms. The van der Waals surface area contributed by atoms with E-state index in [0.717, 1.165) is 18.8 Å². The summed E-state index contributed by atoms with van der Waals surface area (Å²) in [6, 6.07) is 3.52. The van der Waals surface area contributed by atoms with Gasteiger partial charge in [-0.3, -0.25) is 4.90 Å². The number of halogens is 1. The Balaban J connectivity index is 2.11. The molecular formula is C13H20ClN3O. The van der Waals surface area contributed by atoms with E-state index in [2.05, 4.69) is 30.7 Å². The van der Waals surface area contributed by atoms with E-state index in [1.165, 1.54) is 0 Å². The van der Waals surface area contributed by atoms with Crippen molar-refractivity contribution in [3.8, 4) is 0 Å². The van der Waals surface area contributed by atoms with Gasteiger partial charge in [0.1, 0.15) is 5.82 Å². The van der Waals surface area contributed by atoms with Gasteiger partial charge in [0.05, 0.1) is 22.4 Å². The van der Waals surface area contributed by atoms with Crippen LogP contribution in [0.15, 0.2) is 12.1 Å². The summed E-state index contributed by atoms with van der Waals surface area (Å²) in [4.78, 5) is 6.61. The van der Waals surface area contributed by atoms with Crippen molar-refractivity contribution >= 4 is 17.4 Å². The lowest BCUT2D eigenvalue weighted by atomic mass is 10.1. The molecule has 0 saturated carbocycles. The van der Waals surface area contributed by atoms with Gasteiger partial charge in [0.25, 0.3) is 0 Å². The zero-order valence-corrected chi connectivity index (χ0v) is 11.9. The molecule has 1 fully saturated rings. The second kappa shape index (κ2) is 5.03. The molecule has 0 radical (unpaired) electrons. The van der Waals surface area contributed by atoms with Gasteiger partial charge in [-0.15, -0.1) is 0 Å². The van der Waals surface area contributed by atoms with E-state index in [4.69, 9.17) is 22.1 Å². The molecule has 18 heavy (non-hydrogen) atoms. The van der Waals surface area contributed by atoms with Crippen LogP contribution in [-0.4, -0.2) is 34.7 Å². The summed E-state index contributed by atoms with van der Waals surface area (Å²) in [5, 5.41) is 0.668. The molecule has 1 aromatic rings. The standard InChI is InChI=1S/C13H20ClN3O/c1-9-6-17(8-13(2,3)18-9)7-11-10(14)4-5-12(15)16-11/h4-5,9H,6-8H2,1-3H3,(H2,15,16). The lowest BCUT2D eigenvalue weighted by Crippen LogP contribution is -2.51. The SMILES string of the molecule is CC1CN(Cc2nc(N)ccc2Cl)CC(C)(C)O1. The maximum Gasteiger partial charge on any atom is 0.123 e. The Morgan fingerprint density at radius 2 is 2.28 bits per heavy atom. The first-order chi connectivity index (χ1) is 8.35. The van der Waals surface area contributed by atoms with Crippen molar-refractivity contribution in [2.24, 2.45) is 0 Å². The Morgan fingerprint density at radius 3 is 2.94 bits per heavy atom. The molecule has 1 aliphatic rings. The van der Waals surface area contributed by atoms with Crippen LogP contribution in [-0.2, 0) is 11.3 Å². The first-order valence-electron chi connectivity index (χ1n) is 6.17. The predicted molar refractivity (Wildman–Crippen MR) is 73.6 cm³/mol. The van der Waals surface area contributed by atoms with E-state index in [1.807, 2.05) is 0 Å². The highest BCUT2D eigenvalue weighted by Gasteiger charge is 2.31. The van der Waals surface area contributed by atoms with Gasteiger partial charge >= 0.3 is 0 Å². The number of hydrogen-bond acceptors (Lipinski definition) is 4. The number of morpholine rings is 1. The first-order valence-corrected chi connectivity index (χ1v) is 6.54. The van der Waals surface area contributed by atoms with E-state index in [-0.39, 0.29) is 11.7 Å². The van der Waals surface area contributed by atoms with Gasteiger partial charge in [0.2, 0.25) is 0 Å². The molecule has 2 rings (SSSR count). The smallest absolute Gasteiger partial charge is 0.123 e. The van der Waals surface area contributed by atoms with E-state index in [1.54, 1.807) is 12.1 Å². The molecule has 0 aliphatic carbocycles. The van der Waals surface area contributed by atoms with Crippen molar-refractivity contribution in [1.29, 1.82) is 0 Å². The number of anilines is 1. The van der Waals surface area contributed by atoms with Gasteiger partial charge in [-0.25, -0.2) is 4.98 Å². The fourth-order valence-corrected chi connectivity index (χ4v) is 2.70. The van der Waals surface area contributed by atoms with Crippen LogP contribution in [0.3, 0.4) is 0 Å². The fraction of sp³-hybridized carbons (Fsp3) is 0.615. The number of nitrogens with two attached hydrogens (primary N) is 1. The van der Waals surface area contributed by atoms with Crippen molar-refractivity contribution in [2.45, 2.75) is 39.0 Å². The summed E-state index contributed by atoms with van der Waals surface area (Å²) in [6.07, 6.45) is 0.216. The quantitative estimate of drug-likeness (QED) is 0.895. The molecule has 2 N–H and O–H groups in total. The highest BCUT2D eigenvalue weighted by molar-refractivity contribution is 6.31. The van der Waals surface area contributed by atoms with Crippen LogP contribution >= 0.6 is 11.6 Å². The second-order valence-electron chi connectivity index (χ2n) is 5.52. The molecule has 2 heterocycles. The van der Waals surface area contributed by atoms with Crippen LogP contribution in [0.4, 0.5) is 5.82 Å². The summed E-state index contributed by atoms with van der Waals surface area (Å²) in [6.45, 7) is 8.75. The maximum absolute atomic E-state index is 6.15. The Bertz CT molecular complexity index is 436. The number of nitrogens with zero attached hydrogens (tertiary/aromatic N) is 2. The lowest BCUT2D eigenvalue weighted by molar-refractivity contribution is -0.130. The topological polar surface area (TPSA) is 51.4 Å². The number of aromatic nitrogens is 1. The fourth-order valence-electron chi connectivity index (χ4n) is 2.53. The maximum atomic E-state index is 6.15. The number of rotatable bonds is 2. The Morgan fingerprint density at radius 1 is 1.56 bits per heavy atom. The molecule has 5 heteroatoms. The molecule has 1 aliphatic heterocycles. The van der Waals surface area contributed by atoms with E-state index in [0.29, 0.717) is 17.4 Å². The molecule has 1 saturated heterocycles. The number of hydrogen-bond donors (Lipinski definition) is 1. The molecule has 1 atom stereocenters. The third-order valence-corrected chi connectivity index (χ3v) is 3.30. The van der Waals surface area contributed by atoms with Gasteiger partial charge in [-0.1, -0.05) is 11.6 Å². The molecule has 1 unspecified atom stereocenters. The first kappa shape index (κ1) is 13.6. The van der Waals surface area contributed by atoms with Crippen LogP contribution in [0.2, 0.25) is 5.02 Å². The molecule has 4 nitrogen and oxygen atoms in total. The summed E-state index contributed by atoms with van der Waals surface area (Å²) >= 11 is 6.15. The molecule has 0 spiro atoms. The summed E-state index contributed by atoms with van der Waals surface area (Å²) in [7, 11) is 0. The van der Waals surface area contributed by atoms with Crippen molar-refractivity contribution in [2.75, 3.05) is 18.8 Å². The number of nitrogen functional groups attached to an aromatic ring is 1. The molecule has 100 valence electrons. The molecule has 1 aromatic heterocycles. The van der Waals surface area contributed by atoms with Crippen LogP contribution in [0.5, 0.6) is 0 Å². The normalized spacial score (nSPS) is 24.1. The second-order valence-corrected chi connectivity index (χ2v) is 5.93. The van der Waals surface area contributed by atoms with Gasteiger partial charge < -0.3 is 10.5 Å². The average Bonchev–Trinajstić information content (AvgIpc) is 2.20. The van der Waals surface area contributed by atoms with Gasteiger partial charge in [-0.2, -0.15) is 0 Å². The van der Waals surface area contributed by atoms with Crippen LogP contribution in [0.25, 0.3) is 0 Å². The Labute approximate surface area is 113 Å². The highest BCUT2D eigenvalue weighted by atomic mass is 35.5. The van der Waals surface area contributed by atoms with Crippen LogP contribution in [0.1, 0.15) is 26.5 Å². The zero-order valence-electron chi connectivity index (χ0n) is 11.1. The van der Waals surface area contributed by atoms with E-state index < -0.39 is 0 Å². The van der Waals surface area contributed by atoms with Gasteiger partial charge in [0, 0.05) is 19.6 Å². The molecular weight excluding hydrogens is 250 g/mol. The number of ether oxygens (including phenoxy) is 1. The molecule has 0 aromatic carbocycles. The summed E-state index contributed by atoms with van der Waals surface area (Å²) in [5.74, 6) is 0.509. The minimum Gasteiger partial charge on any atom is -0.384 e. The van der Waals surface area contributed by atoms with Crippen molar-refractivity contribution in [3.05, 3.63) is 22.8 Å². The summed E-state index contributed by atoms with van der Waals surface area (Å²) in [5.41, 5.74) is 6.40. The Kier molecular flexibility index (Phi) is 3.80. The van der Waals surface area contributed by atoms with Crippen LogP contribution in [0, 0.1) is 0 Å². The van der Waals surface area contributed by atoms with Crippen molar-refractivity contribution < 1.29 is 4.74 Å². The van der Waals surface area contributed by atoms with Crippen LogP contribution < -0.4 is 5.73 Å². The van der Waals surface area contributed by atoms with Crippen molar-refractivity contribution in [1.82, 2.24) is 9.88 Å². The zero-order chi connectivity index (χ0) is 13.3. The highest BCUT2D eigenvalue weighted by Crippen LogP contribution is 2.24. The Hall–Kier alpha value is -0.840. The van der Waals surface area contributed by atoms with Gasteiger partial charge in [0.15, 0.2) is 0 Å². The third kappa shape index (κ3) is 3.34. The minimum atomic E-state index is -0.134. The van der Waals surface area contributed by atoms with Crippen molar-refractivity contribution in [3.63, 3.8) is 0 Å². The lowest BCUT2D eigenvalue weighted by Gasteiger charge is -2.41. The summed E-state index contributed by atoms with van der Waals surface area (Å²) < 4.78 is 5.88. The largest absolute Gasteiger partial charge is 0.384 e. The van der Waals surface area contributed by atoms with E-state index >= 15 is 0 Å². The monoisotopic (exact) mass is 269 g/mol. The third-order valence-electron chi connectivity index (χ3n) is 2.95. The predicted octanol–water partition coefficient (Wildman–Crippen LogP) is 2.32. The minimum absolute atomic E-state index is 0.134. The van der Waals surface area contributed by atoms with E-state index in [9.17, 15) is 0 Å². The number of pyridine rings is 1. The van der Waals surface area contributed by atoms with Gasteiger partial charge in [-0.05, 0) is 32.9 Å². The molecule has 0 amide bonds. The average molecular weight is 270 g/mol.